The Balaban J connectivity index is 1.41. The summed E-state index contributed by atoms with van der Waals surface area (Å²) < 4.78 is 17.1. The fourth-order valence-corrected chi connectivity index (χ4v) is 4.81. The lowest BCUT2D eigenvalue weighted by atomic mass is 9.77. The van der Waals surface area contributed by atoms with Crippen molar-refractivity contribution in [2.75, 3.05) is 25.3 Å². The smallest absolute Gasteiger partial charge is 0.251 e. The quantitative estimate of drug-likeness (QED) is 0.694. The second-order valence-electron chi connectivity index (χ2n) is 8.08. The van der Waals surface area contributed by atoms with Gasteiger partial charge in [0.15, 0.2) is 11.5 Å². The first-order valence-corrected chi connectivity index (χ1v) is 10.4. The second-order valence-corrected chi connectivity index (χ2v) is 8.08. The molecule has 3 aromatic rings. The molecule has 3 aromatic carbocycles. The summed E-state index contributed by atoms with van der Waals surface area (Å²) in [5.74, 6) is 1.73. The predicted octanol–water partition coefficient (Wildman–Crippen LogP) is 3.00. The van der Waals surface area contributed by atoms with E-state index in [1.807, 2.05) is 48.5 Å². The van der Waals surface area contributed by atoms with Crippen molar-refractivity contribution in [3.05, 3.63) is 82.9 Å². The first kappa shape index (κ1) is 18.7. The number of anilines is 1. The van der Waals surface area contributed by atoms with Gasteiger partial charge >= 0.3 is 0 Å². The highest BCUT2D eigenvalue weighted by atomic mass is 16.7. The number of carbonyl (C=O) groups excluding carboxylic acids is 2. The molecule has 1 unspecified atom stereocenters. The lowest BCUT2D eigenvalue weighted by molar-refractivity contribution is -0.122. The molecule has 0 aromatic heterocycles. The molecule has 3 aliphatic heterocycles. The zero-order chi connectivity index (χ0) is 21.9. The average Bonchev–Trinajstić information content (AvgIpc) is 3.50. The van der Waals surface area contributed by atoms with Crippen LogP contribution in [0.25, 0.3) is 0 Å². The Kier molecular flexibility index (Phi) is 3.95. The molecule has 0 bridgehead atoms. The monoisotopic (exact) mass is 428 g/mol. The number of carbonyl (C=O) groups is 2. The summed E-state index contributed by atoms with van der Waals surface area (Å²) >= 11 is 0. The number of hydrogen-bond donors (Lipinski definition) is 1. The van der Waals surface area contributed by atoms with Gasteiger partial charge in [-0.05, 0) is 35.4 Å². The maximum atomic E-state index is 14.0. The van der Waals surface area contributed by atoms with E-state index in [0.717, 1.165) is 22.4 Å². The Morgan fingerprint density at radius 1 is 0.969 bits per heavy atom. The van der Waals surface area contributed by atoms with Gasteiger partial charge in [-0.25, -0.2) is 0 Å². The zero-order valence-corrected chi connectivity index (χ0v) is 17.4. The molecule has 7 heteroatoms. The molecule has 0 saturated heterocycles. The average molecular weight is 428 g/mol. The van der Waals surface area contributed by atoms with Gasteiger partial charge in [-0.1, -0.05) is 30.3 Å². The molecule has 3 heterocycles. The molecule has 0 aliphatic carbocycles. The van der Waals surface area contributed by atoms with E-state index in [4.69, 9.17) is 14.2 Å². The van der Waals surface area contributed by atoms with Crippen molar-refractivity contribution in [1.29, 1.82) is 0 Å². The number of nitrogens with zero attached hydrogens (tertiary/aromatic N) is 1. The van der Waals surface area contributed by atoms with Gasteiger partial charge < -0.3 is 24.4 Å². The molecule has 1 spiro atoms. The van der Waals surface area contributed by atoms with Crippen LogP contribution in [0.5, 0.6) is 17.2 Å². The highest BCUT2D eigenvalue weighted by molar-refractivity contribution is 6.11. The lowest BCUT2D eigenvalue weighted by Crippen LogP contribution is -2.42. The maximum Gasteiger partial charge on any atom is 0.251 e. The summed E-state index contributed by atoms with van der Waals surface area (Å²) in [6, 6.07) is 18.8. The normalized spacial score (nSPS) is 19.7. The minimum atomic E-state index is -0.922. The third kappa shape index (κ3) is 2.48. The van der Waals surface area contributed by atoms with Crippen LogP contribution in [0.1, 0.15) is 27.0 Å². The van der Waals surface area contributed by atoms with Crippen LogP contribution in [0, 0.1) is 0 Å². The van der Waals surface area contributed by atoms with Gasteiger partial charge in [-0.2, -0.15) is 0 Å². The molecule has 160 valence electrons. The highest BCUT2D eigenvalue weighted by Gasteiger charge is 2.57. The number of rotatable bonds is 3. The molecular formula is C25H20N2O5. The van der Waals surface area contributed by atoms with Gasteiger partial charge in [0.2, 0.25) is 12.7 Å². The van der Waals surface area contributed by atoms with Crippen LogP contribution >= 0.6 is 0 Å². The van der Waals surface area contributed by atoms with Crippen molar-refractivity contribution in [2.24, 2.45) is 0 Å². The molecule has 0 fully saturated rings. The summed E-state index contributed by atoms with van der Waals surface area (Å²) in [5.41, 5.74) is 3.18. The van der Waals surface area contributed by atoms with Crippen LogP contribution in [-0.4, -0.2) is 32.3 Å². The van der Waals surface area contributed by atoms with Crippen LogP contribution < -0.4 is 24.4 Å². The Labute approximate surface area is 184 Å². The number of amides is 2. The van der Waals surface area contributed by atoms with Crippen LogP contribution in [-0.2, 0) is 16.8 Å². The van der Waals surface area contributed by atoms with Crippen molar-refractivity contribution in [3.8, 4) is 17.2 Å². The summed E-state index contributed by atoms with van der Waals surface area (Å²) in [5, 5.41) is 2.62. The summed E-state index contributed by atoms with van der Waals surface area (Å²) in [6.07, 6.45) is 0. The minimum absolute atomic E-state index is 0.0355. The van der Waals surface area contributed by atoms with E-state index in [-0.39, 0.29) is 25.2 Å². The number of benzene rings is 3. The fraction of sp³-hybridized carbons (Fsp3) is 0.200. The third-order valence-corrected chi connectivity index (χ3v) is 6.43. The second kappa shape index (κ2) is 6.75. The van der Waals surface area contributed by atoms with Crippen LogP contribution in [0.3, 0.4) is 0 Å². The van der Waals surface area contributed by atoms with Crippen LogP contribution in [0.4, 0.5) is 5.69 Å². The first-order chi connectivity index (χ1) is 15.6. The van der Waals surface area contributed by atoms with Crippen molar-refractivity contribution >= 4 is 17.5 Å². The van der Waals surface area contributed by atoms with Gasteiger partial charge in [0.25, 0.3) is 5.91 Å². The molecule has 0 radical (unpaired) electrons. The molecule has 3 aliphatic rings. The molecule has 1 atom stereocenters. The molecular weight excluding hydrogens is 408 g/mol. The number of fused-ring (bicyclic) bond motifs is 5. The van der Waals surface area contributed by atoms with E-state index in [1.165, 1.54) is 0 Å². The summed E-state index contributed by atoms with van der Waals surface area (Å²) in [7, 11) is 1.60. The van der Waals surface area contributed by atoms with Crippen LogP contribution in [0.2, 0.25) is 0 Å². The minimum Gasteiger partial charge on any atom is -0.491 e. The van der Waals surface area contributed by atoms with Gasteiger partial charge in [0.05, 0.1) is 6.54 Å². The number of nitrogens with one attached hydrogen (secondary N) is 1. The van der Waals surface area contributed by atoms with Crippen molar-refractivity contribution in [2.45, 2.75) is 12.0 Å². The molecule has 7 nitrogen and oxygen atoms in total. The predicted molar refractivity (Wildman–Crippen MR) is 116 cm³/mol. The SMILES string of the molecule is CNC(=O)c1ccc(CN2C(=O)C3(COc4cc5c(cc43)OCO5)c3ccccc32)cc1. The molecule has 1 N–H and O–H groups in total. The first-order valence-electron chi connectivity index (χ1n) is 10.4. The Bertz CT molecular complexity index is 1270. The highest BCUT2D eigenvalue weighted by Crippen LogP contribution is 2.55. The van der Waals surface area contributed by atoms with E-state index in [1.54, 1.807) is 24.1 Å². The molecule has 32 heavy (non-hydrogen) atoms. The number of ether oxygens (including phenoxy) is 3. The van der Waals surface area contributed by atoms with E-state index in [9.17, 15) is 9.59 Å². The molecule has 0 saturated carbocycles. The topological polar surface area (TPSA) is 77.1 Å². The van der Waals surface area contributed by atoms with Gasteiger partial charge in [-0.15, -0.1) is 0 Å². The van der Waals surface area contributed by atoms with Gasteiger partial charge in [0.1, 0.15) is 17.8 Å². The summed E-state index contributed by atoms with van der Waals surface area (Å²) in [6.45, 7) is 0.784. The van der Waals surface area contributed by atoms with Crippen molar-refractivity contribution in [3.63, 3.8) is 0 Å². The largest absolute Gasteiger partial charge is 0.491 e. The van der Waals surface area contributed by atoms with Gasteiger partial charge in [-0.3, -0.25) is 9.59 Å². The third-order valence-electron chi connectivity index (χ3n) is 6.43. The van der Waals surface area contributed by atoms with Crippen molar-refractivity contribution in [1.82, 2.24) is 5.32 Å². The Morgan fingerprint density at radius 2 is 1.72 bits per heavy atom. The molecule has 6 rings (SSSR count). The summed E-state index contributed by atoms with van der Waals surface area (Å²) in [4.78, 5) is 27.6. The Morgan fingerprint density at radius 3 is 2.50 bits per heavy atom. The zero-order valence-electron chi connectivity index (χ0n) is 17.4. The van der Waals surface area contributed by atoms with Crippen LogP contribution in [0.15, 0.2) is 60.7 Å². The molecule has 2 amide bonds. The van der Waals surface area contributed by atoms with Gasteiger partial charge in [0, 0.05) is 29.9 Å². The van der Waals surface area contributed by atoms with E-state index in [0.29, 0.717) is 29.4 Å². The fourth-order valence-electron chi connectivity index (χ4n) is 4.81. The standard InChI is InChI=1S/C25H20N2O5/c1-26-23(28)16-8-6-15(7-9-16)12-27-19-5-3-2-4-17(19)25(24(27)29)13-30-20-11-22-21(10-18(20)25)31-14-32-22/h2-11H,12-14H2,1H3,(H,26,28). The van der Waals surface area contributed by atoms with Crippen molar-refractivity contribution < 1.29 is 23.8 Å². The number of para-hydroxylation sites is 1. The van der Waals surface area contributed by atoms with E-state index < -0.39 is 5.41 Å². The Hall–Kier alpha value is -4.00. The maximum absolute atomic E-state index is 14.0. The number of hydrogen-bond acceptors (Lipinski definition) is 5. The lowest BCUT2D eigenvalue weighted by Gasteiger charge is -2.23. The van der Waals surface area contributed by atoms with E-state index in [2.05, 4.69) is 5.32 Å². The van der Waals surface area contributed by atoms with E-state index >= 15 is 0 Å².